The Bertz CT molecular complexity index is 2180. The van der Waals surface area contributed by atoms with Crippen molar-refractivity contribution >= 4 is 28.9 Å². The van der Waals surface area contributed by atoms with Gasteiger partial charge in [-0.1, -0.05) is 70.9 Å². The number of cyclic esters (lactones) is 1. The first-order chi connectivity index (χ1) is 24.3. The average Bonchev–Trinajstić information content (AvgIpc) is 3.50. The van der Waals surface area contributed by atoms with E-state index in [2.05, 4.69) is 0 Å². The second-order valence-electron chi connectivity index (χ2n) is 14.6. The Labute approximate surface area is 295 Å². The number of hydrogen-bond acceptors (Lipinski definition) is 8. The maximum absolute atomic E-state index is 15.5. The van der Waals surface area contributed by atoms with Crippen LogP contribution in [0.15, 0.2) is 47.3 Å². The Kier molecular flexibility index (Phi) is 8.60. The second-order valence-corrected chi connectivity index (χ2v) is 14.6. The fourth-order valence-corrected chi connectivity index (χ4v) is 7.98. The molecule has 0 spiro atoms. The number of pyridine rings is 2. The highest BCUT2D eigenvalue weighted by atomic mass is 19.1. The molecule has 4 aromatic rings. The Morgan fingerprint density at radius 2 is 1.88 bits per heavy atom. The van der Waals surface area contributed by atoms with E-state index >= 15 is 4.39 Å². The Hall–Kier alpha value is -4.90. The third-order valence-electron chi connectivity index (χ3n) is 11.0. The monoisotopic (exact) mass is 695 g/mol. The molecule has 0 fully saturated rings. The summed E-state index contributed by atoms with van der Waals surface area (Å²) < 4.78 is 28.1. The minimum Gasteiger partial charge on any atom is -0.458 e. The second kappa shape index (κ2) is 12.7. The average molecular weight is 696 g/mol. The smallest absolute Gasteiger partial charge is 0.417 e. The van der Waals surface area contributed by atoms with Crippen molar-refractivity contribution < 1.29 is 33.4 Å². The standard InChI is InChI=1S/C40H42FN3O7/c1-6-8-16-39(4,5)36(46)44(38(48)51-20-23-12-10-9-11-13-23)30-15-14-24-22(3)28(41)18-29-32(24)33(30)25-19-43-31(34(25)42-29)17-27-26(35(43)45)21-50-37(47)40(27,49)7-2/h9-13,17-18,30,49H,6-8,14-16,19-21H2,1-5H3. The van der Waals surface area contributed by atoms with Crippen molar-refractivity contribution in [2.45, 2.75) is 105 Å². The number of benzene rings is 2. The van der Waals surface area contributed by atoms with Crippen LogP contribution < -0.4 is 5.56 Å². The predicted molar refractivity (Wildman–Crippen MR) is 187 cm³/mol. The molecule has 51 heavy (non-hydrogen) atoms. The van der Waals surface area contributed by atoms with Gasteiger partial charge in [0.15, 0.2) is 5.60 Å². The van der Waals surface area contributed by atoms with E-state index in [1.807, 2.05) is 51.1 Å². The zero-order valence-corrected chi connectivity index (χ0v) is 29.6. The molecule has 2 aromatic heterocycles. The van der Waals surface area contributed by atoms with Crippen molar-refractivity contribution in [3.8, 4) is 11.4 Å². The molecule has 7 rings (SSSR count). The molecule has 2 atom stereocenters. The molecule has 3 aliphatic rings. The number of amides is 2. The molecule has 1 aliphatic carbocycles. The van der Waals surface area contributed by atoms with Crippen molar-refractivity contribution in [3.05, 3.63) is 97.6 Å². The first-order valence-corrected chi connectivity index (χ1v) is 17.7. The highest BCUT2D eigenvalue weighted by molar-refractivity contribution is 5.98. The lowest BCUT2D eigenvalue weighted by Gasteiger charge is -2.39. The van der Waals surface area contributed by atoms with E-state index in [0.29, 0.717) is 58.2 Å². The molecular weight excluding hydrogens is 653 g/mol. The number of esters is 1. The Morgan fingerprint density at radius 1 is 1.14 bits per heavy atom. The normalized spacial score (nSPS) is 18.9. The van der Waals surface area contributed by atoms with Crippen molar-refractivity contribution in [1.29, 1.82) is 0 Å². The Balaban J connectivity index is 1.44. The fourth-order valence-electron chi connectivity index (χ4n) is 7.98. The van der Waals surface area contributed by atoms with E-state index in [1.165, 1.54) is 15.5 Å². The zero-order valence-electron chi connectivity index (χ0n) is 29.6. The lowest BCUT2D eigenvalue weighted by Crippen LogP contribution is -2.47. The Morgan fingerprint density at radius 3 is 2.59 bits per heavy atom. The predicted octanol–water partition coefficient (Wildman–Crippen LogP) is 6.90. The minimum absolute atomic E-state index is 0.0170. The maximum Gasteiger partial charge on any atom is 0.417 e. The number of nitrogens with zero attached hydrogens (tertiary/aromatic N) is 3. The molecule has 2 aromatic carbocycles. The van der Waals surface area contributed by atoms with Gasteiger partial charge in [0.1, 0.15) is 19.0 Å². The van der Waals surface area contributed by atoms with Crippen LogP contribution in [0.2, 0.25) is 0 Å². The number of ether oxygens (including phenoxy) is 2. The summed E-state index contributed by atoms with van der Waals surface area (Å²) in [6, 6.07) is 11.4. The number of carbonyl (C=O) groups is 3. The van der Waals surface area contributed by atoms with Crippen LogP contribution in [0.3, 0.4) is 0 Å². The number of aromatic nitrogens is 2. The summed E-state index contributed by atoms with van der Waals surface area (Å²) >= 11 is 0. The van der Waals surface area contributed by atoms with Gasteiger partial charge >= 0.3 is 12.1 Å². The number of unbranched alkanes of at least 4 members (excludes halogenated alkanes) is 1. The van der Waals surface area contributed by atoms with Crippen molar-refractivity contribution in [3.63, 3.8) is 0 Å². The molecular formula is C40H42FN3O7. The van der Waals surface area contributed by atoms with Crippen LogP contribution in [-0.4, -0.2) is 37.5 Å². The van der Waals surface area contributed by atoms with Crippen molar-refractivity contribution in [2.75, 3.05) is 0 Å². The highest BCUT2D eigenvalue weighted by Crippen LogP contribution is 2.48. The number of fused-ring (bicyclic) bond motifs is 5. The van der Waals surface area contributed by atoms with Crippen molar-refractivity contribution in [1.82, 2.24) is 14.5 Å². The molecule has 4 heterocycles. The molecule has 11 heteroatoms. The zero-order chi connectivity index (χ0) is 36.4. The van der Waals surface area contributed by atoms with E-state index in [1.54, 1.807) is 19.9 Å². The highest BCUT2D eigenvalue weighted by Gasteiger charge is 2.47. The van der Waals surface area contributed by atoms with E-state index in [9.17, 15) is 24.3 Å². The van der Waals surface area contributed by atoms with Gasteiger partial charge in [-0.3, -0.25) is 9.59 Å². The van der Waals surface area contributed by atoms with Crippen LogP contribution in [0, 0.1) is 18.2 Å². The summed E-state index contributed by atoms with van der Waals surface area (Å²) in [5.41, 5.74) is 1.21. The third-order valence-corrected chi connectivity index (χ3v) is 11.0. The topological polar surface area (TPSA) is 128 Å². The number of hydrogen-bond donors (Lipinski definition) is 1. The lowest BCUT2D eigenvalue weighted by atomic mass is 9.79. The molecule has 0 radical (unpaired) electrons. The molecule has 1 N–H and O–H groups in total. The number of halogens is 1. The van der Waals surface area contributed by atoms with Gasteiger partial charge in [0, 0.05) is 28.0 Å². The number of aryl methyl sites for hydroxylation is 1. The first-order valence-electron chi connectivity index (χ1n) is 17.7. The van der Waals surface area contributed by atoms with E-state index in [-0.39, 0.29) is 43.2 Å². The van der Waals surface area contributed by atoms with Gasteiger partial charge in [-0.15, -0.1) is 0 Å². The summed E-state index contributed by atoms with van der Waals surface area (Å²) in [4.78, 5) is 62.0. The van der Waals surface area contributed by atoms with E-state index in [0.717, 1.165) is 24.0 Å². The molecule has 2 amide bonds. The van der Waals surface area contributed by atoms with Crippen LogP contribution in [-0.2, 0) is 50.8 Å². The maximum atomic E-state index is 15.5. The van der Waals surface area contributed by atoms with E-state index < -0.39 is 40.5 Å². The number of carbonyl (C=O) groups excluding carboxylic acids is 3. The third kappa shape index (κ3) is 5.44. The fraction of sp³-hybridized carbons (Fsp3) is 0.425. The molecule has 2 aliphatic heterocycles. The van der Waals surface area contributed by atoms with Crippen LogP contribution >= 0.6 is 0 Å². The van der Waals surface area contributed by atoms with Crippen LogP contribution in [0.4, 0.5) is 9.18 Å². The van der Waals surface area contributed by atoms with Gasteiger partial charge in [-0.05, 0) is 60.9 Å². The largest absolute Gasteiger partial charge is 0.458 e. The summed E-state index contributed by atoms with van der Waals surface area (Å²) in [6.45, 7) is 8.80. The number of aliphatic hydroxyl groups is 1. The summed E-state index contributed by atoms with van der Waals surface area (Å²) in [6.07, 6.45) is 2.09. The summed E-state index contributed by atoms with van der Waals surface area (Å²) in [7, 11) is 0. The van der Waals surface area contributed by atoms with Gasteiger partial charge in [0.2, 0.25) is 5.91 Å². The quantitative estimate of drug-likeness (QED) is 0.174. The first kappa shape index (κ1) is 34.5. The molecule has 0 saturated heterocycles. The summed E-state index contributed by atoms with van der Waals surface area (Å²) in [5.74, 6) is -1.65. The van der Waals surface area contributed by atoms with E-state index in [4.69, 9.17) is 14.5 Å². The van der Waals surface area contributed by atoms with Gasteiger partial charge in [0.25, 0.3) is 5.56 Å². The molecule has 0 saturated carbocycles. The van der Waals surface area contributed by atoms with Crippen LogP contribution in [0.5, 0.6) is 0 Å². The van der Waals surface area contributed by atoms with Gasteiger partial charge in [-0.2, -0.15) is 0 Å². The van der Waals surface area contributed by atoms with Gasteiger partial charge in [0.05, 0.1) is 35.1 Å². The molecule has 266 valence electrons. The van der Waals surface area contributed by atoms with Gasteiger partial charge < -0.3 is 19.1 Å². The number of rotatable bonds is 8. The summed E-state index contributed by atoms with van der Waals surface area (Å²) in [5, 5.41) is 12.1. The SMILES string of the molecule is CCCCC(C)(C)C(=O)N(C(=O)OCc1ccccc1)C1CCc2c(C)c(F)cc3nc4c(c1c23)Cn1c-4cc2c(c1=O)COC(=O)C2(O)CC. The van der Waals surface area contributed by atoms with Crippen molar-refractivity contribution in [2.24, 2.45) is 5.41 Å². The molecule has 2 unspecified atom stereocenters. The molecule has 10 nitrogen and oxygen atoms in total. The van der Waals surface area contributed by atoms with Gasteiger partial charge in [-0.25, -0.2) is 23.9 Å². The van der Waals surface area contributed by atoms with Crippen LogP contribution in [0.1, 0.15) is 105 Å². The lowest BCUT2D eigenvalue weighted by molar-refractivity contribution is -0.172. The van der Waals surface area contributed by atoms with Crippen LogP contribution in [0.25, 0.3) is 22.3 Å². The number of imide groups is 1. The molecule has 0 bridgehead atoms. The minimum atomic E-state index is -2.02.